The average molecular weight is 184 g/mol. The van der Waals surface area contributed by atoms with Gasteiger partial charge in [-0.2, -0.15) is 5.10 Å². The van der Waals surface area contributed by atoms with Crippen molar-refractivity contribution in [1.82, 2.24) is 9.78 Å². The lowest BCUT2D eigenvalue weighted by Gasteiger charge is -2.05. The summed E-state index contributed by atoms with van der Waals surface area (Å²) in [5.74, 6) is -0.962. The number of carboxylic acid groups (broad SMARTS) is 1. The zero-order valence-corrected chi connectivity index (χ0v) is 7.60. The highest BCUT2D eigenvalue weighted by molar-refractivity contribution is 5.71. The zero-order valence-electron chi connectivity index (χ0n) is 7.60. The molecule has 0 bridgehead atoms. The van der Waals surface area contributed by atoms with E-state index in [1.807, 2.05) is 0 Å². The molecule has 0 aliphatic carbocycles. The normalized spacial score (nSPS) is 12.8. The van der Waals surface area contributed by atoms with Crippen LogP contribution in [0.25, 0.3) is 0 Å². The monoisotopic (exact) mass is 184 g/mol. The summed E-state index contributed by atoms with van der Waals surface area (Å²) < 4.78 is 6.67. The first-order valence-electron chi connectivity index (χ1n) is 3.92. The summed E-state index contributed by atoms with van der Waals surface area (Å²) in [4.78, 5) is 10.4. The maximum absolute atomic E-state index is 10.4. The van der Waals surface area contributed by atoms with E-state index in [1.165, 1.54) is 6.92 Å². The number of aliphatic carboxylic acids is 1. The molecule has 0 aliphatic heterocycles. The van der Waals surface area contributed by atoms with Crippen LogP contribution in [0.4, 0.5) is 0 Å². The van der Waals surface area contributed by atoms with Gasteiger partial charge in [0, 0.05) is 13.2 Å². The van der Waals surface area contributed by atoms with E-state index < -0.39 is 12.1 Å². The first-order valence-corrected chi connectivity index (χ1v) is 3.92. The fourth-order valence-electron chi connectivity index (χ4n) is 0.822. The van der Waals surface area contributed by atoms with E-state index in [0.29, 0.717) is 0 Å². The minimum Gasteiger partial charge on any atom is -0.479 e. The van der Waals surface area contributed by atoms with Crippen molar-refractivity contribution in [3.8, 4) is 0 Å². The molecule has 1 atom stereocenters. The summed E-state index contributed by atoms with van der Waals surface area (Å²) in [6.45, 7) is 1.72. The molecule has 13 heavy (non-hydrogen) atoms. The van der Waals surface area contributed by atoms with Gasteiger partial charge in [0.05, 0.1) is 12.3 Å². The largest absolute Gasteiger partial charge is 0.479 e. The second kappa shape index (κ2) is 4.04. The van der Waals surface area contributed by atoms with E-state index in [9.17, 15) is 4.79 Å². The third-order valence-corrected chi connectivity index (χ3v) is 1.60. The van der Waals surface area contributed by atoms with Crippen LogP contribution in [-0.4, -0.2) is 27.0 Å². The van der Waals surface area contributed by atoms with Gasteiger partial charge in [-0.25, -0.2) is 4.79 Å². The van der Waals surface area contributed by atoms with Crippen LogP contribution >= 0.6 is 0 Å². The van der Waals surface area contributed by atoms with Crippen LogP contribution in [0.5, 0.6) is 0 Å². The van der Waals surface area contributed by atoms with Gasteiger partial charge in [0.25, 0.3) is 0 Å². The summed E-state index contributed by atoms with van der Waals surface area (Å²) in [6.07, 6.45) is 0.992. The van der Waals surface area contributed by atoms with Gasteiger partial charge in [-0.1, -0.05) is 0 Å². The second-order valence-corrected chi connectivity index (χ2v) is 2.77. The Bertz CT molecular complexity index is 295. The SMILES string of the molecule is C[C@H](OCc1ccn(C)n1)C(=O)O. The van der Waals surface area contributed by atoms with Crippen LogP contribution in [0.1, 0.15) is 12.6 Å². The number of carbonyl (C=O) groups is 1. The predicted octanol–water partition coefficient (Wildman–Crippen LogP) is 0.410. The van der Waals surface area contributed by atoms with E-state index in [0.717, 1.165) is 5.69 Å². The standard InChI is InChI=1S/C8H12N2O3/c1-6(8(11)12)13-5-7-3-4-10(2)9-7/h3-4,6H,5H2,1-2H3,(H,11,12)/t6-/m0/s1. The number of hydrogen-bond donors (Lipinski definition) is 1. The number of rotatable bonds is 4. The Kier molecular flexibility index (Phi) is 3.02. The average Bonchev–Trinajstić information content (AvgIpc) is 2.47. The lowest BCUT2D eigenvalue weighted by Crippen LogP contribution is -2.19. The Hall–Kier alpha value is -1.36. The molecule has 1 heterocycles. The summed E-state index contributed by atoms with van der Waals surface area (Å²) >= 11 is 0. The molecule has 5 nitrogen and oxygen atoms in total. The quantitative estimate of drug-likeness (QED) is 0.736. The predicted molar refractivity (Wildman–Crippen MR) is 45.1 cm³/mol. The van der Waals surface area contributed by atoms with E-state index >= 15 is 0 Å². The maximum Gasteiger partial charge on any atom is 0.332 e. The molecule has 1 aromatic heterocycles. The number of aryl methyl sites for hydroxylation is 1. The van der Waals surface area contributed by atoms with Crippen LogP contribution in [0.15, 0.2) is 12.3 Å². The third kappa shape index (κ3) is 2.87. The van der Waals surface area contributed by atoms with Crippen molar-refractivity contribution in [3.63, 3.8) is 0 Å². The molecule has 0 fully saturated rings. The molecule has 0 spiro atoms. The Labute approximate surface area is 75.9 Å². The van der Waals surface area contributed by atoms with Gasteiger partial charge in [-0.05, 0) is 13.0 Å². The lowest BCUT2D eigenvalue weighted by atomic mass is 10.4. The van der Waals surface area contributed by atoms with Crippen molar-refractivity contribution >= 4 is 5.97 Å². The van der Waals surface area contributed by atoms with Gasteiger partial charge in [-0.3, -0.25) is 4.68 Å². The van der Waals surface area contributed by atoms with Gasteiger partial charge >= 0.3 is 5.97 Å². The van der Waals surface area contributed by atoms with Crippen molar-refractivity contribution < 1.29 is 14.6 Å². The molecule has 72 valence electrons. The first kappa shape index (κ1) is 9.73. The van der Waals surface area contributed by atoms with Crippen molar-refractivity contribution in [2.75, 3.05) is 0 Å². The summed E-state index contributed by atoms with van der Waals surface area (Å²) in [5, 5.41) is 12.6. The Morgan fingerprint density at radius 2 is 2.54 bits per heavy atom. The molecule has 1 aromatic rings. The molecule has 5 heteroatoms. The highest BCUT2D eigenvalue weighted by atomic mass is 16.5. The molecule has 0 amide bonds. The molecule has 0 aliphatic rings. The molecule has 1 N–H and O–H groups in total. The molecule has 0 unspecified atom stereocenters. The Balaban J connectivity index is 2.39. The molecular formula is C8H12N2O3. The fourth-order valence-corrected chi connectivity index (χ4v) is 0.822. The first-order chi connectivity index (χ1) is 6.09. The third-order valence-electron chi connectivity index (χ3n) is 1.60. The maximum atomic E-state index is 10.4. The molecule has 0 saturated heterocycles. The molecular weight excluding hydrogens is 172 g/mol. The van der Waals surface area contributed by atoms with E-state index in [2.05, 4.69) is 5.10 Å². The number of ether oxygens (including phenoxy) is 1. The molecule has 0 radical (unpaired) electrons. The zero-order chi connectivity index (χ0) is 9.84. The van der Waals surface area contributed by atoms with Crippen LogP contribution in [0.2, 0.25) is 0 Å². The Morgan fingerprint density at radius 1 is 1.85 bits per heavy atom. The smallest absolute Gasteiger partial charge is 0.332 e. The Morgan fingerprint density at radius 3 is 3.00 bits per heavy atom. The molecule has 0 saturated carbocycles. The summed E-state index contributed by atoms with van der Waals surface area (Å²) in [6, 6.07) is 1.79. The lowest BCUT2D eigenvalue weighted by molar-refractivity contribution is -0.149. The van der Waals surface area contributed by atoms with Crippen molar-refractivity contribution in [3.05, 3.63) is 18.0 Å². The molecule has 1 rings (SSSR count). The highest BCUT2D eigenvalue weighted by Gasteiger charge is 2.11. The number of nitrogens with zero attached hydrogens (tertiary/aromatic N) is 2. The van der Waals surface area contributed by atoms with Crippen LogP contribution in [-0.2, 0) is 23.2 Å². The van der Waals surface area contributed by atoms with E-state index in [4.69, 9.17) is 9.84 Å². The van der Waals surface area contributed by atoms with Crippen LogP contribution in [0.3, 0.4) is 0 Å². The minimum absolute atomic E-state index is 0.230. The fraction of sp³-hybridized carbons (Fsp3) is 0.500. The highest BCUT2D eigenvalue weighted by Crippen LogP contribution is 2.00. The number of aromatic nitrogens is 2. The van der Waals surface area contributed by atoms with E-state index in [-0.39, 0.29) is 6.61 Å². The van der Waals surface area contributed by atoms with E-state index in [1.54, 1.807) is 24.0 Å². The number of hydrogen-bond acceptors (Lipinski definition) is 3. The van der Waals surface area contributed by atoms with Gasteiger partial charge in [-0.15, -0.1) is 0 Å². The van der Waals surface area contributed by atoms with Crippen LogP contribution in [0, 0.1) is 0 Å². The summed E-state index contributed by atoms with van der Waals surface area (Å²) in [5.41, 5.74) is 0.732. The summed E-state index contributed by atoms with van der Waals surface area (Å²) in [7, 11) is 1.80. The second-order valence-electron chi connectivity index (χ2n) is 2.77. The van der Waals surface area contributed by atoms with Crippen molar-refractivity contribution in [2.24, 2.45) is 7.05 Å². The van der Waals surface area contributed by atoms with Gasteiger partial charge in [0.15, 0.2) is 6.10 Å². The topological polar surface area (TPSA) is 64.4 Å². The number of carboxylic acids is 1. The van der Waals surface area contributed by atoms with Gasteiger partial charge < -0.3 is 9.84 Å². The van der Waals surface area contributed by atoms with Crippen molar-refractivity contribution in [2.45, 2.75) is 19.6 Å². The van der Waals surface area contributed by atoms with Crippen molar-refractivity contribution in [1.29, 1.82) is 0 Å². The minimum atomic E-state index is -0.962. The molecule has 0 aromatic carbocycles. The van der Waals surface area contributed by atoms with Crippen LogP contribution < -0.4 is 0 Å². The van der Waals surface area contributed by atoms with Gasteiger partial charge in [0.1, 0.15) is 0 Å². The van der Waals surface area contributed by atoms with Gasteiger partial charge in [0.2, 0.25) is 0 Å².